The quantitative estimate of drug-likeness (QED) is 0.548. The van der Waals surface area contributed by atoms with Crippen molar-refractivity contribution >= 4 is 33.4 Å². The molecular formula is C18H11F3N4OS. The van der Waals surface area contributed by atoms with E-state index in [0.29, 0.717) is 22.3 Å². The molecule has 2 N–H and O–H groups in total. The van der Waals surface area contributed by atoms with Crippen LogP contribution in [0.2, 0.25) is 0 Å². The van der Waals surface area contributed by atoms with E-state index in [1.165, 1.54) is 18.3 Å². The number of nitrogens with zero attached hydrogens (tertiary/aromatic N) is 2. The topological polar surface area (TPSA) is 70.7 Å². The molecule has 1 aromatic carbocycles. The molecule has 0 aliphatic heterocycles. The lowest BCUT2D eigenvalue weighted by atomic mass is 10.1. The molecule has 4 rings (SSSR count). The van der Waals surface area contributed by atoms with Gasteiger partial charge in [0.25, 0.3) is 0 Å². The standard InChI is InChI=1S/C18H11F3N4OS/c19-10-2-1-9(13(21)6-10)5-15(26)25-18-24-14(8-27-18)11-7-23-17-16(11)12(20)3-4-22-17/h1-4,6-8H,5H2,(H,22,23)(H,24,25,26). The molecule has 0 bridgehead atoms. The number of rotatable bonds is 4. The molecule has 0 aliphatic carbocycles. The number of anilines is 1. The van der Waals surface area contributed by atoms with E-state index in [9.17, 15) is 18.0 Å². The molecule has 1 amide bonds. The van der Waals surface area contributed by atoms with Gasteiger partial charge in [0.05, 0.1) is 17.5 Å². The van der Waals surface area contributed by atoms with Gasteiger partial charge >= 0.3 is 0 Å². The monoisotopic (exact) mass is 388 g/mol. The Bertz CT molecular complexity index is 1150. The highest BCUT2D eigenvalue weighted by Crippen LogP contribution is 2.31. The molecule has 3 aromatic heterocycles. The molecule has 5 nitrogen and oxygen atoms in total. The maximum atomic E-state index is 14.1. The summed E-state index contributed by atoms with van der Waals surface area (Å²) in [5.74, 6) is -2.41. The fourth-order valence-corrected chi connectivity index (χ4v) is 3.40. The Labute approximate surface area is 154 Å². The van der Waals surface area contributed by atoms with E-state index in [4.69, 9.17) is 0 Å². The van der Waals surface area contributed by atoms with Crippen molar-refractivity contribution in [2.24, 2.45) is 0 Å². The van der Waals surface area contributed by atoms with Crippen LogP contribution in [0.1, 0.15) is 5.56 Å². The normalized spacial score (nSPS) is 11.1. The first kappa shape index (κ1) is 17.2. The third kappa shape index (κ3) is 3.41. The summed E-state index contributed by atoms with van der Waals surface area (Å²) in [6.07, 6.45) is 2.70. The number of hydrogen-bond acceptors (Lipinski definition) is 4. The number of H-pyrrole nitrogens is 1. The van der Waals surface area contributed by atoms with Gasteiger partial charge in [-0.05, 0) is 17.7 Å². The van der Waals surface area contributed by atoms with E-state index in [2.05, 4.69) is 20.3 Å². The average Bonchev–Trinajstić information content (AvgIpc) is 3.25. The van der Waals surface area contributed by atoms with Crippen LogP contribution in [0.25, 0.3) is 22.3 Å². The van der Waals surface area contributed by atoms with Crippen molar-refractivity contribution in [3.05, 3.63) is 65.1 Å². The number of benzene rings is 1. The molecule has 0 atom stereocenters. The summed E-state index contributed by atoms with van der Waals surface area (Å²) in [5.41, 5.74) is 1.48. The smallest absolute Gasteiger partial charge is 0.230 e. The number of amides is 1. The van der Waals surface area contributed by atoms with E-state index in [0.717, 1.165) is 23.5 Å². The predicted octanol–water partition coefficient (Wildman–Crippen LogP) is 4.28. The van der Waals surface area contributed by atoms with Gasteiger partial charge in [-0.15, -0.1) is 11.3 Å². The summed E-state index contributed by atoms with van der Waals surface area (Å²) >= 11 is 1.15. The van der Waals surface area contributed by atoms with Crippen LogP contribution in [0, 0.1) is 17.5 Å². The van der Waals surface area contributed by atoms with Gasteiger partial charge in [0.1, 0.15) is 23.1 Å². The molecular weight excluding hydrogens is 377 g/mol. The molecule has 4 aromatic rings. The van der Waals surface area contributed by atoms with E-state index in [1.54, 1.807) is 11.6 Å². The Morgan fingerprint density at radius 1 is 1.19 bits per heavy atom. The minimum atomic E-state index is -0.785. The van der Waals surface area contributed by atoms with Gasteiger partial charge in [0, 0.05) is 29.4 Å². The summed E-state index contributed by atoms with van der Waals surface area (Å²) < 4.78 is 40.6. The fourth-order valence-electron chi connectivity index (χ4n) is 2.67. The third-order valence-corrected chi connectivity index (χ3v) is 4.67. The highest BCUT2D eigenvalue weighted by molar-refractivity contribution is 7.14. The summed E-state index contributed by atoms with van der Waals surface area (Å²) in [6, 6.07) is 4.29. The number of aromatic amines is 1. The van der Waals surface area contributed by atoms with Crippen molar-refractivity contribution in [3.63, 3.8) is 0 Å². The zero-order valence-corrected chi connectivity index (χ0v) is 14.4. The van der Waals surface area contributed by atoms with Gasteiger partial charge in [-0.3, -0.25) is 4.79 Å². The molecule has 0 spiro atoms. The van der Waals surface area contributed by atoms with Crippen LogP contribution in [-0.4, -0.2) is 20.9 Å². The SMILES string of the molecule is O=C(Cc1ccc(F)cc1F)Nc1nc(-c2c[nH]c3nccc(F)c23)cs1. The second-order valence-electron chi connectivity index (χ2n) is 5.72. The van der Waals surface area contributed by atoms with E-state index in [-0.39, 0.29) is 17.1 Å². The lowest BCUT2D eigenvalue weighted by molar-refractivity contribution is -0.115. The van der Waals surface area contributed by atoms with Crippen molar-refractivity contribution in [1.29, 1.82) is 0 Å². The van der Waals surface area contributed by atoms with Crippen molar-refractivity contribution in [2.45, 2.75) is 6.42 Å². The molecule has 3 heterocycles. The molecule has 0 aliphatic rings. The Balaban J connectivity index is 1.53. The second-order valence-corrected chi connectivity index (χ2v) is 6.58. The van der Waals surface area contributed by atoms with Gasteiger partial charge in [0.2, 0.25) is 5.91 Å². The number of pyridine rings is 1. The lowest BCUT2D eigenvalue weighted by Crippen LogP contribution is -2.15. The Morgan fingerprint density at radius 3 is 2.85 bits per heavy atom. The largest absolute Gasteiger partial charge is 0.345 e. The summed E-state index contributed by atoms with van der Waals surface area (Å²) in [7, 11) is 0. The Morgan fingerprint density at radius 2 is 2.04 bits per heavy atom. The highest BCUT2D eigenvalue weighted by Gasteiger charge is 2.16. The second kappa shape index (κ2) is 6.84. The zero-order chi connectivity index (χ0) is 19.0. The van der Waals surface area contributed by atoms with Crippen LogP contribution < -0.4 is 5.32 Å². The number of halogens is 3. The van der Waals surface area contributed by atoms with Crippen LogP contribution in [0.3, 0.4) is 0 Å². The zero-order valence-electron chi connectivity index (χ0n) is 13.6. The Kier molecular flexibility index (Phi) is 4.36. The Hall–Kier alpha value is -3.20. The number of nitrogens with one attached hydrogen (secondary N) is 2. The van der Waals surface area contributed by atoms with E-state index < -0.39 is 23.4 Å². The minimum absolute atomic E-state index is 0.0791. The summed E-state index contributed by atoms with van der Waals surface area (Å²) in [6.45, 7) is 0. The van der Waals surface area contributed by atoms with Crippen molar-refractivity contribution in [2.75, 3.05) is 5.32 Å². The molecule has 27 heavy (non-hydrogen) atoms. The molecule has 0 fully saturated rings. The summed E-state index contributed by atoms with van der Waals surface area (Å²) in [4.78, 5) is 23.3. The fraction of sp³-hybridized carbons (Fsp3) is 0.0556. The average molecular weight is 388 g/mol. The third-order valence-electron chi connectivity index (χ3n) is 3.92. The number of thiazole rings is 1. The lowest BCUT2D eigenvalue weighted by Gasteiger charge is -2.03. The minimum Gasteiger partial charge on any atom is -0.345 e. The number of hydrogen-bond donors (Lipinski definition) is 2. The number of carbonyl (C=O) groups is 1. The van der Waals surface area contributed by atoms with Crippen LogP contribution in [0.5, 0.6) is 0 Å². The van der Waals surface area contributed by atoms with Gasteiger partial charge in [-0.2, -0.15) is 0 Å². The van der Waals surface area contributed by atoms with Gasteiger partial charge in [-0.25, -0.2) is 23.1 Å². The van der Waals surface area contributed by atoms with Gasteiger partial charge in [0.15, 0.2) is 5.13 Å². The highest BCUT2D eigenvalue weighted by atomic mass is 32.1. The molecule has 0 saturated carbocycles. The van der Waals surface area contributed by atoms with Gasteiger partial charge in [-0.1, -0.05) is 6.07 Å². The molecule has 9 heteroatoms. The van der Waals surface area contributed by atoms with Gasteiger partial charge < -0.3 is 10.3 Å². The van der Waals surface area contributed by atoms with Crippen LogP contribution in [0.15, 0.2) is 42.0 Å². The van der Waals surface area contributed by atoms with Crippen molar-refractivity contribution in [3.8, 4) is 11.3 Å². The molecule has 136 valence electrons. The summed E-state index contributed by atoms with van der Waals surface area (Å²) in [5, 5.41) is 4.84. The molecule has 0 unspecified atom stereocenters. The number of aromatic nitrogens is 3. The van der Waals surface area contributed by atoms with E-state index in [1.807, 2.05) is 0 Å². The van der Waals surface area contributed by atoms with Crippen molar-refractivity contribution in [1.82, 2.24) is 15.0 Å². The van der Waals surface area contributed by atoms with E-state index >= 15 is 0 Å². The maximum Gasteiger partial charge on any atom is 0.230 e. The first-order valence-electron chi connectivity index (χ1n) is 7.82. The molecule has 0 radical (unpaired) electrons. The predicted molar refractivity (Wildman–Crippen MR) is 95.9 cm³/mol. The number of carbonyl (C=O) groups excluding carboxylic acids is 1. The number of fused-ring (bicyclic) bond motifs is 1. The van der Waals surface area contributed by atoms with Crippen molar-refractivity contribution < 1.29 is 18.0 Å². The first-order chi connectivity index (χ1) is 13.0. The van der Waals surface area contributed by atoms with Crippen LogP contribution in [-0.2, 0) is 11.2 Å². The van der Waals surface area contributed by atoms with Crippen LogP contribution >= 0.6 is 11.3 Å². The first-order valence-corrected chi connectivity index (χ1v) is 8.70. The maximum absolute atomic E-state index is 14.1. The molecule has 0 saturated heterocycles. The van der Waals surface area contributed by atoms with Crippen LogP contribution in [0.4, 0.5) is 18.3 Å².